The third-order valence-corrected chi connectivity index (χ3v) is 4.03. The third-order valence-electron chi connectivity index (χ3n) is 4.03. The number of benzene rings is 3. The van der Waals surface area contributed by atoms with Crippen molar-refractivity contribution in [2.24, 2.45) is 0 Å². The highest BCUT2D eigenvalue weighted by atomic mass is 14.6. The molecule has 2 heteroatoms. The second kappa shape index (κ2) is 5.94. The van der Waals surface area contributed by atoms with Crippen molar-refractivity contribution in [3.05, 3.63) is 95.1 Å². The van der Waals surface area contributed by atoms with E-state index in [0.29, 0.717) is 0 Å². The molecule has 3 aromatic rings. The van der Waals surface area contributed by atoms with E-state index in [2.05, 4.69) is 48.5 Å². The Labute approximate surface area is 131 Å². The average molecular weight is 288 g/mol. The molecule has 3 aromatic carbocycles. The fourth-order valence-electron chi connectivity index (χ4n) is 2.79. The van der Waals surface area contributed by atoms with Gasteiger partial charge in [-0.3, -0.25) is 0 Å². The predicted octanol–water partition coefficient (Wildman–Crippen LogP) is 4.34. The molecule has 0 aliphatic carbocycles. The Morgan fingerprint density at radius 1 is 0.682 bits per heavy atom. The zero-order chi connectivity index (χ0) is 15.5. The number of anilines is 2. The summed E-state index contributed by atoms with van der Waals surface area (Å²) in [5.74, 6) is 0.182. The molecular weight excluding hydrogens is 268 g/mol. The van der Waals surface area contributed by atoms with Gasteiger partial charge in [0.1, 0.15) is 0 Å². The van der Waals surface area contributed by atoms with Crippen molar-refractivity contribution in [1.29, 1.82) is 0 Å². The average Bonchev–Trinajstić information content (AvgIpc) is 2.54. The van der Waals surface area contributed by atoms with Gasteiger partial charge in [-0.05, 0) is 47.4 Å². The van der Waals surface area contributed by atoms with Gasteiger partial charge in [-0.15, -0.1) is 0 Å². The molecule has 22 heavy (non-hydrogen) atoms. The summed E-state index contributed by atoms with van der Waals surface area (Å²) in [6.45, 7) is 2.05. The third kappa shape index (κ3) is 2.82. The fourth-order valence-corrected chi connectivity index (χ4v) is 2.79. The van der Waals surface area contributed by atoms with Crippen LogP contribution in [-0.4, -0.2) is 0 Å². The molecule has 3 rings (SSSR count). The first-order valence-electron chi connectivity index (χ1n) is 7.41. The summed E-state index contributed by atoms with van der Waals surface area (Å²) in [5, 5.41) is 0. The van der Waals surface area contributed by atoms with Gasteiger partial charge >= 0.3 is 0 Å². The van der Waals surface area contributed by atoms with E-state index in [1.165, 1.54) is 16.7 Å². The van der Waals surface area contributed by atoms with Crippen molar-refractivity contribution < 1.29 is 0 Å². The zero-order valence-corrected chi connectivity index (χ0v) is 12.7. The lowest BCUT2D eigenvalue weighted by molar-refractivity contribution is 0.975. The topological polar surface area (TPSA) is 52.0 Å². The Morgan fingerprint density at radius 2 is 1.27 bits per heavy atom. The van der Waals surface area contributed by atoms with E-state index in [0.717, 1.165) is 16.9 Å². The van der Waals surface area contributed by atoms with Gasteiger partial charge in [0.2, 0.25) is 0 Å². The molecule has 0 aromatic heterocycles. The molecule has 0 radical (unpaired) electrons. The SMILES string of the molecule is Cc1cc(C(c2ccccc2)c2ccc(N)cc2)ccc1N. The molecule has 0 spiro atoms. The second-order valence-electron chi connectivity index (χ2n) is 5.63. The number of nitrogen functional groups attached to an aromatic ring is 2. The molecule has 0 amide bonds. The number of hydrogen-bond acceptors (Lipinski definition) is 2. The maximum Gasteiger partial charge on any atom is 0.0343 e. The van der Waals surface area contributed by atoms with Gasteiger partial charge in [0, 0.05) is 17.3 Å². The Bertz CT molecular complexity index is 761. The van der Waals surface area contributed by atoms with Crippen LogP contribution < -0.4 is 11.5 Å². The van der Waals surface area contributed by atoms with Crippen molar-refractivity contribution in [3.63, 3.8) is 0 Å². The van der Waals surface area contributed by atoms with Crippen molar-refractivity contribution >= 4 is 11.4 Å². The van der Waals surface area contributed by atoms with Crippen LogP contribution in [0.3, 0.4) is 0 Å². The lowest BCUT2D eigenvalue weighted by Crippen LogP contribution is -2.04. The van der Waals surface area contributed by atoms with Gasteiger partial charge in [0.25, 0.3) is 0 Å². The van der Waals surface area contributed by atoms with Crippen LogP contribution in [0.1, 0.15) is 28.2 Å². The maximum absolute atomic E-state index is 5.97. The summed E-state index contributed by atoms with van der Waals surface area (Å²) < 4.78 is 0. The molecular formula is C20H20N2. The van der Waals surface area contributed by atoms with Gasteiger partial charge in [-0.2, -0.15) is 0 Å². The monoisotopic (exact) mass is 288 g/mol. The van der Waals surface area contributed by atoms with Crippen LogP contribution in [0.15, 0.2) is 72.8 Å². The Kier molecular flexibility index (Phi) is 3.84. The largest absolute Gasteiger partial charge is 0.399 e. The molecule has 0 aliphatic heterocycles. The van der Waals surface area contributed by atoms with Gasteiger partial charge < -0.3 is 11.5 Å². The van der Waals surface area contributed by atoms with E-state index < -0.39 is 0 Å². The van der Waals surface area contributed by atoms with Crippen LogP contribution in [0, 0.1) is 6.92 Å². The number of rotatable bonds is 3. The minimum atomic E-state index is 0.182. The van der Waals surface area contributed by atoms with Crippen molar-refractivity contribution in [2.45, 2.75) is 12.8 Å². The van der Waals surface area contributed by atoms with Gasteiger partial charge in [0.15, 0.2) is 0 Å². The number of hydrogen-bond donors (Lipinski definition) is 2. The molecule has 1 atom stereocenters. The van der Waals surface area contributed by atoms with E-state index >= 15 is 0 Å². The Morgan fingerprint density at radius 3 is 1.91 bits per heavy atom. The van der Waals surface area contributed by atoms with Crippen LogP contribution in [0.25, 0.3) is 0 Å². The summed E-state index contributed by atoms with van der Waals surface area (Å²) in [6, 6.07) is 24.9. The minimum Gasteiger partial charge on any atom is -0.399 e. The summed E-state index contributed by atoms with van der Waals surface area (Å²) in [7, 11) is 0. The number of aryl methyl sites for hydroxylation is 1. The smallest absolute Gasteiger partial charge is 0.0343 e. The predicted molar refractivity (Wildman–Crippen MR) is 93.8 cm³/mol. The molecule has 4 N–H and O–H groups in total. The van der Waals surface area contributed by atoms with Crippen LogP contribution in [0.2, 0.25) is 0 Å². The lowest BCUT2D eigenvalue weighted by Gasteiger charge is -2.20. The molecule has 110 valence electrons. The standard InChI is InChI=1S/C20H20N2/c1-14-13-17(9-12-19(14)22)20(15-5-3-2-4-6-15)16-7-10-18(21)11-8-16/h2-13,20H,21-22H2,1H3. The first-order chi connectivity index (χ1) is 10.6. The highest BCUT2D eigenvalue weighted by Crippen LogP contribution is 2.33. The van der Waals surface area contributed by atoms with E-state index in [1.54, 1.807) is 0 Å². The van der Waals surface area contributed by atoms with Crippen LogP contribution in [0.4, 0.5) is 11.4 Å². The molecule has 0 saturated heterocycles. The summed E-state index contributed by atoms with van der Waals surface area (Å²) in [5.41, 5.74) is 18.2. The molecule has 1 unspecified atom stereocenters. The van der Waals surface area contributed by atoms with Gasteiger partial charge in [-0.25, -0.2) is 0 Å². The summed E-state index contributed by atoms with van der Waals surface area (Å²) >= 11 is 0. The van der Waals surface area contributed by atoms with Crippen molar-refractivity contribution in [3.8, 4) is 0 Å². The number of nitrogens with two attached hydrogens (primary N) is 2. The van der Waals surface area contributed by atoms with Crippen molar-refractivity contribution in [1.82, 2.24) is 0 Å². The molecule has 0 fully saturated rings. The fraction of sp³-hybridized carbons (Fsp3) is 0.100. The first-order valence-corrected chi connectivity index (χ1v) is 7.41. The van der Waals surface area contributed by atoms with E-state index in [1.807, 2.05) is 31.2 Å². The first kappa shape index (κ1) is 14.2. The van der Waals surface area contributed by atoms with Gasteiger partial charge in [0.05, 0.1) is 0 Å². The normalized spacial score (nSPS) is 12.0. The quantitative estimate of drug-likeness (QED) is 0.556. The molecule has 0 aliphatic rings. The molecule has 2 nitrogen and oxygen atoms in total. The van der Waals surface area contributed by atoms with E-state index in [9.17, 15) is 0 Å². The second-order valence-corrected chi connectivity index (χ2v) is 5.63. The summed E-state index contributed by atoms with van der Waals surface area (Å²) in [6.07, 6.45) is 0. The van der Waals surface area contributed by atoms with Crippen LogP contribution in [0.5, 0.6) is 0 Å². The van der Waals surface area contributed by atoms with Crippen LogP contribution >= 0.6 is 0 Å². The Balaban J connectivity index is 2.14. The minimum absolute atomic E-state index is 0.182. The van der Waals surface area contributed by atoms with Crippen LogP contribution in [-0.2, 0) is 0 Å². The Hall–Kier alpha value is -2.74. The van der Waals surface area contributed by atoms with E-state index in [4.69, 9.17) is 11.5 Å². The maximum atomic E-state index is 5.97. The lowest BCUT2D eigenvalue weighted by atomic mass is 9.84. The highest BCUT2D eigenvalue weighted by Gasteiger charge is 2.17. The van der Waals surface area contributed by atoms with E-state index in [-0.39, 0.29) is 5.92 Å². The van der Waals surface area contributed by atoms with Gasteiger partial charge in [-0.1, -0.05) is 54.6 Å². The highest BCUT2D eigenvalue weighted by molar-refractivity contribution is 5.53. The summed E-state index contributed by atoms with van der Waals surface area (Å²) in [4.78, 5) is 0. The molecule has 0 heterocycles. The molecule has 0 bridgehead atoms. The zero-order valence-electron chi connectivity index (χ0n) is 12.7. The van der Waals surface area contributed by atoms with Crippen molar-refractivity contribution in [2.75, 3.05) is 11.5 Å². The molecule has 0 saturated carbocycles.